The molecule has 2 heteroatoms. The minimum absolute atomic E-state index is 0.284. The first-order valence-corrected chi connectivity index (χ1v) is 7.53. The molecule has 3 rings (SSSR count). The highest BCUT2D eigenvalue weighted by atomic mass is 16.3. The summed E-state index contributed by atoms with van der Waals surface area (Å²) in [7, 11) is 0. The first-order chi connectivity index (χ1) is 10.5. The SMILES string of the molecule is Cc1ccc([C@@](C)(c2ccccc2)c2ccc(O)c(C)c2)[nH]1. The van der Waals surface area contributed by atoms with E-state index in [0.717, 1.165) is 22.5 Å². The summed E-state index contributed by atoms with van der Waals surface area (Å²) in [5.74, 6) is 0.335. The molecular formula is C20H21NO. The maximum absolute atomic E-state index is 9.85. The molecule has 0 unspecified atom stereocenters. The summed E-state index contributed by atoms with van der Waals surface area (Å²) in [6.45, 7) is 6.22. The van der Waals surface area contributed by atoms with Crippen molar-refractivity contribution >= 4 is 0 Å². The number of phenols is 1. The Morgan fingerprint density at radius 2 is 1.59 bits per heavy atom. The Labute approximate surface area is 131 Å². The van der Waals surface area contributed by atoms with Crippen molar-refractivity contribution in [3.63, 3.8) is 0 Å². The number of aromatic hydroxyl groups is 1. The third-order valence-corrected chi connectivity index (χ3v) is 4.50. The monoisotopic (exact) mass is 291 g/mol. The van der Waals surface area contributed by atoms with Crippen molar-refractivity contribution in [3.8, 4) is 5.75 Å². The van der Waals surface area contributed by atoms with Gasteiger partial charge < -0.3 is 10.1 Å². The van der Waals surface area contributed by atoms with Crippen LogP contribution in [-0.2, 0) is 5.41 Å². The Morgan fingerprint density at radius 1 is 0.864 bits per heavy atom. The lowest BCUT2D eigenvalue weighted by atomic mass is 9.73. The molecule has 22 heavy (non-hydrogen) atoms. The second kappa shape index (κ2) is 5.38. The molecule has 0 saturated heterocycles. The molecule has 3 aromatic rings. The molecule has 1 aromatic heterocycles. The lowest BCUT2D eigenvalue weighted by molar-refractivity contribution is 0.470. The average Bonchev–Trinajstić information content (AvgIpc) is 2.97. The van der Waals surface area contributed by atoms with Gasteiger partial charge in [-0.05, 0) is 55.7 Å². The summed E-state index contributed by atoms with van der Waals surface area (Å²) in [4.78, 5) is 3.49. The Hall–Kier alpha value is -2.48. The number of aryl methyl sites for hydroxylation is 2. The Kier molecular flexibility index (Phi) is 3.53. The molecule has 0 saturated carbocycles. The highest BCUT2D eigenvalue weighted by Gasteiger charge is 2.32. The predicted molar refractivity (Wildman–Crippen MR) is 90.4 cm³/mol. The number of hydrogen-bond acceptors (Lipinski definition) is 1. The van der Waals surface area contributed by atoms with Crippen molar-refractivity contribution in [1.29, 1.82) is 0 Å². The second-order valence-corrected chi connectivity index (χ2v) is 6.05. The lowest BCUT2D eigenvalue weighted by Gasteiger charge is -2.31. The predicted octanol–water partition coefficient (Wildman–Crippen LogP) is 4.69. The second-order valence-electron chi connectivity index (χ2n) is 6.05. The molecule has 2 aromatic carbocycles. The average molecular weight is 291 g/mol. The molecule has 0 amide bonds. The molecule has 0 aliphatic heterocycles. The maximum atomic E-state index is 9.85. The van der Waals surface area contributed by atoms with Gasteiger partial charge in [0.25, 0.3) is 0 Å². The van der Waals surface area contributed by atoms with E-state index >= 15 is 0 Å². The first kappa shape index (κ1) is 14.5. The lowest BCUT2D eigenvalue weighted by Crippen LogP contribution is -2.26. The maximum Gasteiger partial charge on any atom is 0.118 e. The van der Waals surface area contributed by atoms with Crippen LogP contribution in [0, 0.1) is 13.8 Å². The van der Waals surface area contributed by atoms with Gasteiger partial charge in [-0.1, -0.05) is 42.5 Å². The Morgan fingerprint density at radius 3 is 2.18 bits per heavy atom. The van der Waals surface area contributed by atoms with Crippen molar-refractivity contribution in [2.45, 2.75) is 26.2 Å². The van der Waals surface area contributed by atoms with Gasteiger partial charge in [0.2, 0.25) is 0 Å². The van der Waals surface area contributed by atoms with E-state index in [-0.39, 0.29) is 5.41 Å². The van der Waals surface area contributed by atoms with E-state index in [2.05, 4.69) is 61.3 Å². The van der Waals surface area contributed by atoms with Crippen LogP contribution < -0.4 is 0 Å². The molecule has 2 N–H and O–H groups in total. The number of H-pyrrole nitrogens is 1. The van der Waals surface area contributed by atoms with Crippen LogP contribution in [0.25, 0.3) is 0 Å². The minimum atomic E-state index is -0.284. The van der Waals surface area contributed by atoms with E-state index in [4.69, 9.17) is 0 Å². The standard InChI is InChI=1S/C20H21NO/c1-14-13-17(10-11-18(14)22)20(3,16-7-5-4-6-8-16)19-12-9-15(2)21-19/h4-13,21-22H,1-3H3/t20-/m0/s1. The van der Waals surface area contributed by atoms with Gasteiger partial charge in [-0.15, -0.1) is 0 Å². The van der Waals surface area contributed by atoms with E-state index in [9.17, 15) is 5.11 Å². The molecule has 1 heterocycles. The van der Waals surface area contributed by atoms with E-state index in [1.165, 1.54) is 5.56 Å². The fraction of sp³-hybridized carbons (Fsp3) is 0.200. The van der Waals surface area contributed by atoms with Crippen molar-refractivity contribution in [3.05, 3.63) is 88.7 Å². The number of aromatic nitrogens is 1. The zero-order valence-corrected chi connectivity index (χ0v) is 13.2. The van der Waals surface area contributed by atoms with E-state index in [0.29, 0.717) is 5.75 Å². The number of nitrogens with one attached hydrogen (secondary N) is 1. The van der Waals surface area contributed by atoms with Crippen LogP contribution in [-0.4, -0.2) is 10.1 Å². The van der Waals surface area contributed by atoms with Gasteiger partial charge in [0.05, 0.1) is 5.41 Å². The number of rotatable bonds is 3. The molecule has 0 aliphatic rings. The van der Waals surface area contributed by atoms with Crippen LogP contribution in [0.3, 0.4) is 0 Å². The molecular weight excluding hydrogens is 270 g/mol. The summed E-state index contributed by atoms with van der Waals surface area (Å²) < 4.78 is 0. The number of hydrogen-bond donors (Lipinski definition) is 2. The van der Waals surface area contributed by atoms with Crippen molar-refractivity contribution in [1.82, 2.24) is 4.98 Å². The summed E-state index contributed by atoms with van der Waals surface area (Å²) in [6.07, 6.45) is 0. The summed E-state index contributed by atoms with van der Waals surface area (Å²) in [5, 5.41) is 9.85. The van der Waals surface area contributed by atoms with Gasteiger partial charge in [-0.2, -0.15) is 0 Å². The molecule has 2 nitrogen and oxygen atoms in total. The molecule has 112 valence electrons. The number of benzene rings is 2. The van der Waals surface area contributed by atoms with Gasteiger partial charge in [0.15, 0.2) is 0 Å². The third-order valence-electron chi connectivity index (χ3n) is 4.50. The van der Waals surface area contributed by atoms with Crippen LogP contribution in [0.4, 0.5) is 0 Å². The highest BCUT2D eigenvalue weighted by molar-refractivity contribution is 5.50. The Bertz CT molecular complexity index is 788. The van der Waals surface area contributed by atoms with Crippen LogP contribution in [0.5, 0.6) is 5.75 Å². The topological polar surface area (TPSA) is 36.0 Å². The van der Waals surface area contributed by atoms with Crippen LogP contribution in [0.1, 0.15) is 35.0 Å². The molecule has 1 atom stereocenters. The number of phenolic OH excluding ortho intramolecular Hbond substituents is 1. The zero-order valence-electron chi connectivity index (χ0n) is 13.2. The van der Waals surface area contributed by atoms with E-state index < -0.39 is 0 Å². The van der Waals surface area contributed by atoms with E-state index in [1.807, 2.05) is 19.1 Å². The van der Waals surface area contributed by atoms with Gasteiger partial charge in [0, 0.05) is 11.4 Å². The van der Waals surface area contributed by atoms with Gasteiger partial charge in [-0.25, -0.2) is 0 Å². The van der Waals surface area contributed by atoms with Crippen LogP contribution >= 0.6 is 0 Å². The van der Waals surface area contributed by atoms with E-state index in [1.54, 1.807) is 6.07 Å². The van der Waals surface area contributed by atoms with Crippen molar-refractivity contribution < 1.29 is 5.11 Å². The van der Waals surface area contributed by atoms with Crippen molar-refractivity contribution in [2.75, 3.05) is 0 Å². The smallest absolute Gasteiger partial charge is 0.118 e. The molecule has 0 radical (unpaired) electrons. The minimum Gasteiger partial charge on any atom is -0.508 e. The quantitative estimate of drug-likeness (QED) is 0.721. The molecule has 0 bridgehead atoms. The summed E-state index contributed by atoms with van der Waals surface area (Å²) in [5.41, 5.74) is 5.29. The number of aromatic amines is 1. The zero-order chi connectivity index (χ0) is 15.7. The molecule has 0 aliphatic carbocycles. The summed E-state index contributed by atoms with van der Waals surface area (Å²) in [6, 6.07) is 20.6. The fourth-order valence-corrected chi connectivity index (χ4v) is 3.01. The molecule has 0 spiro atoms. The van der Waals surface area contributed by atoms with Crippen LogP contribution in [0.2, 0.25) is 0 Å². The first-order valence-electron chi connectivity index (χ1n) is 7.53. The largest absolute Gasteiger partial charge is 0.508 e. The van der Waals surface area contributed by atoms with Gasteiger partial charge in [-0.3, -0.25) is 0 Å². The molecule has 0 fully saturated rings. The van der Waals surface area contributed by atoms with Gasteiger partial charge in [0.1, 0.15) is 5.75 Å². The highest BCUT2D eigenvalue weighted by Crippen LogP contribution is 2.39. The normalized spacial score (nSPS) is 13.8. The Balaban J connectivity index is 2.25. The van der Waals surface area contributed by atoms with Crippen molar-refractivity contribution in [2.24, 2.45) is 0 Å². The third kappa shape index (κ3) is 2.31. The van der Waals surface area contributed by atoms with Gasteiger partial charge >= 0.3 is 0 Å². The van der Waals surface area contributed by atoms with Crippen LogP contribution in [0.15, 0.2) is 60.7 Å². The fourth-order valence-electron chi connectivity index (χ4n) is 3.01. The summed E-state index contributed by atoms with van der Waals surface area (Å²) >= 11 is 0.